The van der Waals surface area contributed by atoms with Crippen molar-refractivity contribution in [2.24, 2.45) is 5.16 Å². The highest BCUT2D eigenvalue weighted by Gasteiger charge is 2.54. The number of β-lactam (4-membered cyclic amide) rings is 1. The molecule has 0 spiro atoms. The fraction of sp³-hybridized carbons (Fsp3) is 0.143. The molecule has 37 heavy (non-hydrogen) atoms. The lowest BCUT2D eigenvalue weighted by atomic mass is 10.0. The van der Waals surface area contributed by atoms with Crippen LogP contribution in [-0.4, -0.2) is 60.9 Å². The Bertz CT molecular complexity index is 1590. The molecule has 2 aliphatic heterocycles. The molecule has 16 heteroatoms. The average Bonchev–Trinajstić information content (AvgIpc) is 3.52. The van der Waals surface area contributed by atoms with Gasteiger partial charge in [0.2, 0.25) is 0 Å². The van der Waals surface area contributed by atoms with Gasteiger partial charge >= 0.3 is 5.97 Å². The average molecular weight is 594 g/mol. The van der Waals surface area contributed by atoms with Crippen LogP contribution in [0.5, 0.6) is 0 Å². The number of nitrogens with two attached hydrogens (primary N) is 1. The summed E-state index contributed by atoms with van der Waals surface area (Å²) in [4.78, 5) is 54.8. The fourth-order valence-electron chi connectivity index (χ4n) is 3.70. The van der Waals surface area contributed by atoms with Crippen LogP contribution in [0.15, 0.2) is 59.8 Å². The summed E-state index contributed by atoms with van der Waals surface area (Å²) in [7, 11) is 0. The molecular formula is C21H15N5O6S5. The smallest absolute Gasteiger partial charge is 0.352 e. The molecule has 3 aromatic rings. The summed E-state index contributed by atoms with van der Waals surface area (Å²) in [6.45, 7) is 0. The largest absolute Gasteiger partial charge is 0.477 e. The van der Waals surface area contributed by atoms with E-state index in [1.54, 1.807) is 17.6 Å². The van der Waals surface area contributed by atoms with Gasteiger partial charge in [0.15, 0.2) is 16.3 Å². The molecule has 0 radical (unpaired) electrons. The fourth-order valence-corrected chi connectivity index (χ4v) is 8.50. The van der Waals surface area contributed by atoms with Crippen LogP contribution in [0.4, 0.5) is 5.13 Å². The SMILES string of the molecule is Nc1nc(/C(=N\O)C(=O)NC2C(=O)N3C(C(=O)O)=C(/C=C/Sc4cc(=O)c5sccc5s4)CS[C@H]23)cs1. The summed E-state index contributed by atoms with van der Waals surface area (Å²) in [5.74, 6) is -2.43. The molecule has 5 rings (SSSR count). The molecule has 5 heterocycles. The Morgan fingerprint density at radius 1 is 1.32 bits per heavy atom. The number of nitrogens with one attached hydrogen (secondary N) is 1. The Balaban J connectivity index is 1.31. The lowest BCUT2D eigenvalue weighted by Gasteiger charge is -2.49. The number of thiazole rings is 1. The van der Waals surface area contributed by atoms with Crippen LogP contribution in [0.1, 0.15) is 5.69 Å². The normalized spacial score (nSPS) is 19.8. The summed E-state index contributed by atoms with van der Waals surface area (Å²) in [5.41, 5.74) is 5.42. The van der Waals surface area contributed by atoms with Gasteiger partial charge in [-0.15, -0.1) is 45.8 Å². The number of thiophene rings is 1. The van der Waals surface area contributed by atoms with Crippen LogP contribution in [0.3, 0.4) is 0 Å². The zero-order valence-corrected chi connectivity index (χ0v) is 22.4. The monoisotopic (exact) mass is 593 g/mol. The number of nitrogen functional groups attached to an aromatic ring is 1. The summed E-state index contributed by atoms with van der Waals surface area (Å²) < 4.78 is 2.36. The maximum absolute atomic E-state index is 12.9. The number of nitrogens with zero attached hydrogens (tertiary/aromatic N) is 3. The topological polar surface area (TPSA) is 175 Å². The van der Waals surface area contributed by atoms with E-state index in [2.05, 4.69) is 15.5 Å². The highest BCUT2D eigenvalue weighted by molar-refractivity contribution is 8.04. The van der Waals surface area contributed by atoms with Gasteiger partial charge in [0, 0.05) is 17.2 Å². The number of rotatable bonds is 7. The Morgan fingerprint density at radius 2 is 2.14 bits per heavy atom. The Hall–Kier alpha value is -3.18. The summed E-state index contributed by atoms with van der Waals surface area (Å²) in [5, 5.41) is 29.1. The minimum atomic E-state index is -1.27. The number of carboxylic acids is 1. The maximum Gasteiger partial charge on any atom is 0.352 e. The Labute approximate surface area is 228 Å². The molecule has 0 bridgehead atoms. The number of amides is 2. The molecule has 1 unspecified atom stereocenters. The second-order valence-corrected chi connectivity index (χ2v) is 12.7. The Kier molecular flexibility index (Phi) is 7.09. The lowest BCUT2D eigenvalue weighted by Crippen LogP contribution is -2.71. The highest BCUT2D eigenvalue weighted by Crippen LogP contribution is 2.41. The number of allylic oxidation sites excluding steroid dienone is 1. The molecule has 0 aliphatic carbocycles. The van der Waals surface area contributed by atoms with E-state index in [0.29, 0.717) is 10.3 Å². The van der Waals surface area contributed by atoms with Gasteiger partial charge in [-0.1, -0.05) is 16.9 Å². The third-order valence-corrected chi connectivity index (χ3v) is 10.4. The molecule has 0 aromatic carbocycles. The molecule has 5 N–H and O–H groups in total. The molecule has 190 valence electrons. The first-order valence-electron chi connectivity index (χ1n) is 10.3. The van der Waals surface area contributed by atoms with Crippen LogP contribution in [-0.2, 0) is 14.4 Å². The molecule has 2 amide bonds. The molecule has 2 atom stereocenters. The third-order valence-electron chi connectivity index (χ3n) is 5.33. The van der Waals surface area contributed by atoms with E-state index in [9.17, 15) is 29.5 Å². The van der Waals surface area contributed by atoms with E-state index in [1.165, 1.54) is 51.6 Å². The van der Waals surface area contributed by atoms with Crippen molar-refractivity contribution in [1.29, 1.82) is 0 Å². The van der Waals surface area contributed by atoms with Crippen molar-refractivity contribution in [2.45, 2.75) is 15.6 Å². The molecule has 11 nitrogen and oxygen atoms in total. The number of aromatic nitrogens is 1. The van der Waals surface area contributed by atoms with Crippen molar-refractivity contribution in [1.82, 2.24) is 15.2 Å². The molecule has 0 saturated carbocycles. The second-order valence-electron chi connectivity index (χ2n) is 7.52. The Morgan fingerprint density at radius 3 is 2.84 bits per heavy atom. The maximum atomic E-state index is 12.9. The van der Waals surface area contributed by atoms with Crippen LogP contribution in [0.25, 0.3) is 9.40 Å². The van der Waals surface area contributed by atoms with Crippen molar-refractivity contribution in [3.63, 3.8) is 0 Å². The molecular weight excluding hydrogens is 579 g/mol. The number of anilines is 1. The number of carbonyl (C=O) groups excluding carboxylic acids is 2. The van der Waals surface area contributed by atoms with Crippen LogP contribution in [0.2, 0.25) is 0 Å². The van der Waals surface area contributed by atoms with Crippen molar-refractivity contribution in [2.75, 3.05) is 11.5 Å². The summed E-state index contributed by atoms with van der Waals surface area (Å²) in [6.07, 6.45) is 1.62. The second kappa shape index (κ2) is 10.3. The molecule has 2 aliphatic rings. The van der Waals surface area contributed by atoms with Crippen LogP contribution >= 0.6 is 57.5 Å². The van der Waals surface area contributed by atoms with Crippen molar-refractivity contribution >= 4 is 95.6 Å². The van der Waals surface area contributed by atoms with Crippen LogP contribution in [0, 0.1) is 0 Å². The number of oxime groups is 1. The van der Waals surface area contributed by atoms with Gasteiger partial charge in [-0.25, -0.2) is 9.78 Å². The quantitative estimate of drug-likeness (QED) is 0.105. The standard InChI is InChI=1S/C21H15N5O6S5/c22-21-23-9(7-36-21)13(25-32)17(28)24-14-18(29)26-15(20(30)31)8(6-35-19(14)26)1-3-33-12-5-10(27)16-11(37-12)2-4-34-16/h1-5,7,14,19,32H,6H2,(H2,22,23)(H,24,28)(H,30,31)/b3-1+,25-13+/t14?,19-/m1/s1. The number of hydrogen-bond donors (Lipinski definition) is 4. The number of fused-ring (bicyclic) bond motifs is 2. The van der Waals surface area contributed by atoms with E-state index >= 15 is 0 Å². The first-order chi connectivity index (χ1) is 17.8. The third kappa shape index (κ3) is 4.77. The summed E-state index contributed by atoms with van der Waals surface area (Å²) >= 11 is 6.49. The number of aliphatic carboxylic acids is 1. The van der Waals surface area contributed by atoms with Gasteiger partial charge in [0.1, 0.15) is 22.8 Å². The molecule has 1 fully saturated rings. The minimum absolute atomic E-state index is 0.0571. The summed E-state index contributed by atoms with van der Waals surface area (Å²) in [6, 6.07) is 2.43. The van der Waals surface area contributed by atoms with Crippen LogP contribution < -0.4 is 16.5 Å². The zero-order chi connectivity index (χ0) is 26.3. The van der Waals surface area contributed by atoms with Crippen molar-refractivity contribution < 1.29 is 24.7 Å². The zero-order valence-electron chi connectivity index (χ0n) is 18.3. The number of hydrogen-bond acceptors (Lipinski definition) is 13. The molecule has 1 saturated heterocycles. The molecule has 3 aromatic heterocycles. The lowest BCUT2D eigenvalue weighted by molar-refractivity contribution is -0.150. The number of thioether (sulfide) groups is 2. The van der Waals surface area contributed by atoms with Gasteiger partial charge in [-0.3, -0.25) is 19.3 Å². The highest BCUT2D eigenvalue weighted by atomic mass is 32.2. The van der Waals surface area contributed by atoms with Gasteiger partial charge in [0.05, 0.1) is 13.6 Å². The van der Waals surface area contributed by atoms with E-state index in [-0.39, 0.29) is 27.7 Å². The van der Waals surface area contributed by atoms with E-state index in [0.717, 1.165) is 25.1 Å². The van der Waals surface area contributed by atoms with E-state index in [1.807, 2.05) is 11.4 Å². The van der Waals surface area contributed by atoms with Gasteiger partial charge in [0.25, 0.3) is 11.8 Å². The minimum Gasteiger partial charge on any atom is -0.477 e. The van der Waals surface area contributed by atoms with Gasteiger partial charge < -0.3 is 21.4 Å². The number of carbonyl (C=O) groups is 3. The van der Waals surface area contributed by atoms with Gasteiger partial charge in [-0.2, -0.15) is 0 Å². The first-order valence-corrected chi connectivity index (χ1v) is 14.8. The van der Waals surface area contributed by atoms with Crippen molar-refractivity contribution in [3.05, 3.63) is 61.6 Å². The van der Waals surface area contributed by atoms with Gasteiger partial charge in [-0.05, 0) is 28.5 Å². The van der Waals surface area contributed by atoms with Crippen molar-refractivity contribution in [3.8, 4) is 0 Å². The predicted molar refractivity (Wildman–Crippen MR) is 146 cm³/mol. The van der Waals surface area contributed by atoms with E-state index in [4.69, 9.17) is 5.73 Å². The van der Waals surface area contributed by atoms with E-state index < -0.39 is 34.9 Å². The predicted octanol–water partition coefficient (Wildman–Crippen LogP) is 2.58. The first kappa shape index (κ1) is 25.5. The number of carboxylic acid groups (broad SMARTS) is 1.